The summed E-state index contributed by atoms with van der Waals surface area (Å²) in [5.74, 6) is 0.449. The van der Waals surface area contributed by atoms with Crippen molar-refractivity contribution < 1.29 is 4.79 Å². The van der Waals surface area contributed by atoms with E-state index >= 15 is 0 Å². The van der Waals surface area contributed by atoms with Crippen LogP contribution in [0.5, 0.6) is 0 Å². The molecule has 1 amide bonds. The first-order chi connectivity index (χ1) is 14.6. The lowest BCUT2D eigenvalue weighted by atomic mass is 10.1. The molecule has 4 aromatic rings. The van der Waals surface area contributed by atoms with Crippen LogP contribution in [-0.4, -0.2) is 25.5 Å². The number of rotatable bonds is 6. The van der Waals surface area contributed by atoms with E-state index in [1.54, 1.807) is 16.3 Å². The molecule has 0 fully saturated rings. The maximum Gasteiger partial charge on any atom is 0.255 e. The fourth-order valence-electron chi connectivity index (χ4n) is 3.26. The van der Waals surface area contributed by atoms with Crippen LogP contribution in [0, 0.1) is 13.8 Å². The van der Waals surface area contributed by atoms with Gasteiger partial charge in [0.05, 0.1) is 5.69 Å². The van der Waals surface area contributed by atoms with Crippen molar-refractivity contribution in [2.75, 3.05) is 5.32 Å². The highest BCUT2D eigenvalue weighted by Gasteiger charge is 2.17. The van der Waals surface area contributed by atoms with Crippen molar-refractivity contribution in [2.45, 2.75) is 43.5 Å². The predicted octanol–water partition coefficient (Wildman–Crippen LogP) is 5.10. The van der Waals surface area contributed by atoms with Crippen LogP contribution in [0.2, 0.25) is 0 Å². The summed E-state index contributed by atoms with van der Waals surface area (Å²) in [5, 5.41) is 8.41. The Bertz CT molecular complexity index is 1200. The van der Waals surface area contributed by atoms with E-state index in [4.69, 9.17) is 0 Å². The van der Waals surface area contributed by atoms with Gasteiger partial charge in [-0.2, -0.15) is 14.6 Å². The Morgan fingerprint density at radius 2 is 1.87 bits per heavy atom. The second kappa shape index (κ2) is 8.67. The molecule has 0 radical (unpaired) electrons. The number of aryl methyl sites for hydroxylation is 2. The summed E-state index contributed by atoms with van der Waals surface area (Å²) in [4.78, 5) is 22.5. The minimum atomic E-state index is -0.131. The van der Waals surface area contributed by atoms with E-state index in [0.29, 0.717) is 11.3 Å². The Morgan fingerprint density at radius 3 is 2.63 bits per heavy atom. The Morgan fingerprint density at radius 1 is 1.10 bits per heavy atom. The first kappa shape index (κ1) is 20.1. The van der Waals surface area contributed by atoms with Gasteiger partial charge >= 0.3 is 0 Å². The van der Waals surface area contributed by atoms with Gasteiger partial charge in [0.15, 0.2) is 0 Å². The van der Waals surface area contributed by atoms with Gasteiger partial charge in [0.1, 0.15) is 11.4 Å². The summed E-state index contributed by atoms with van der Waals surface area (Å²) >= 11 is 1.57. The number of hydrogen-bond donors (Lipinski definition) is 1. The zero-order chi connectivity index (χ0) is 21.1. The number of amides is 1. The Hall–Kier alpha value is -3.19. The molecule has 2 heterocycles. The van der Waals surface area contributed by atoms with Gasteiger partial charge in [0.25, 0.3) is 11.7 Å². The maximum absolute atomic E-state index is 12.8. The third-order valence-corrected chi connectivity index (χ3v) is 6.03. The Kier molecular flexibility index (Phi) is 5.81. The molecule has 1 N–H and O–H groups in total. The van der Waals surface area contributed by atoms with Crippen molar-refractivity contribution >= 4 is 29.1 Å². The molecule has 7 heteroatoms. The van der Waals surface area contributed by atoms with Crippen molar-refractivity contribution in [3.8, 4) is 0 Å². The number of aromatic nitrogens is 4. The number of benzene rings is 2. The summed E-state index contributed by atoms with van der Waals surface area (Å²) in [5.41, 5.74) is 4.63. The summed E-state index contributed by atoms with van der Waals surface area (Å²) < 4.78 is 1.78. The van der Waals surface area contributed by atoms with Crippen molar-refractivity contribution in [1.29, 1.82) is 0 Å². The molecule has 0 aliphatic heterocycles. The van der Waals surface area contributed by atoms with Gasteiger partial charge in [-0.15, -0.1) is 0 Å². The molecule has 0 aliphatic carbocycles. The van der Waals surface area contributed by atoms with Crippen LogP contribution in [0.25, 0.3) is 5.78 Å². The molecule has 0 saturated heterocycles. The molecular weight excluding hydrogens is 394 g/mol. The summed E-state index contributed by atoms with van der Waals surface area (Å²) in [7, 11) is 0. The summed E-state index contributed by atoms with van der Waals surface area (Å²) in [6.07, 6.45) is 3.42. The van der Waals surface area contributed by atoms with Gasteiger partial charge in [-0.1, -0.05) is 54.9 Å². The van der Waals surface area contributed by atoms with E-state index in [0.717, 1.165) is 45.3 Å². The number of nitrogens with zero attached hydrogens (tertiary/aromatic N) is 4. The number of anilines is 1. The fourth-order valence-corrected chi connectivity index (χ4v) is 4.43. The van der Waals surface area contributed by atoms with Gasteiger partial charge < -0.3 is 5.32 Å². The zero-order valence-electron chi connectivity index (χ0n) is 17.2. The molecule has 6 nitrogen and oxygen atoms in total. The summed E-state index contributed by atoms with van der Waals surface area (Å²) in [6, 6.07) is 15.4. The number of hydrogen-bond acceptors (Lipinski definition) is 5. The lowest BCUT2D eigenvalue weighted by Gasteiger charge is -2.15. The first-order valence-corrected chi connectivity index (χ1v) is 10.7. The van der Waals surface area contributed by atoms with Gasteiger partial charge in [-0.05, 0) is 44.5 Å². The highest BCUT2D eigenvalue weighted by atomic mass is 32.2. The molecule has 0 saturated carbocycles. The van der Waals surface area contributed by atoms with E-state index in [-0.39, 0.29) is 5.91 Å². The predicted molar refractivity (Wildman–Crippen MR) is 119 cm³/mol. The monoisotopic (exact) mass is 417 g/mol. The molecule has 4 rings (SSSR count). The number of nitrogens with one attached hydrogen (secondary N) is 1. The van der Waals surface area contributed by atoms with Crippen molar-refractivity contribution in [2.24, 2.45) is 0 Å². The van der Waals surface area contributed by atoms with E-state index in [1.807, 2.05) is 62.4 Å². The highest BCUT2D eigenvalue weighted by molar-refractivity contribution is 7.99. The number of carbonyl (C=O) groups excluding carboxylic acids is 1. The van der Waals surface area contributed by atoms with Crippen LogP contribution in [-0.2, 0) is 6.42 Å². The third kappa shape index (κ3) is 4.07. The minimum absolute atomic E-state index is 0.131. The quantitative estimate of drug-likeness (QED) is 0.442. The molecule has 30 heavy (non-hydrogen) atoms. The molecule has 0 unspecified atom stereocenters. The van der Waals surface area contributed by atoms with Crippen LogP contribution in [0.4, 0.5) is 5.69 Å². The maximum atomic E-state index is 12.8. The normalized spacial score (nSPS) is 11.0. The van der Waals surface area contributed by atoms with Crippen LogP contribution >= 0.6 is 11.8 Å². The summed E-state index contributed by atoms with van der Waals surface area (Å²) in [6.45, 7) is 6.16. The van der Waals surface area contributed by atoms with Crippen LogP contribution in [0.1, 0.15) is 40.5 Å². The van der Waals surface area contributed by atoms with Gasteiger partial charge in [-0.3, -0.25) is 4.79 Å². The van der Waals surface area contributed by atoms with Crippen molar-refractivity contribution in [1.82, 2.24) is 19.6 Å². The lowest BCUT2D eigenvalue weighted by Crippen LogP contribution is -2.12. The number of para-hydroxylation sites is 1. The van der Waals surface area contributed by atoms with E-state index in [1.165, 1.54) is 6.33 Å². The lowest BCUT2D eigenvalue weighted by molar-refractivity contribution is 0.102. The van der Waals surface area contributed by atoms with Crippen LogP contribution in [0.15, 0.2) is 64.8 Å². The Balaban J connectivity index is 1.70. The molecular formula is C23H23N5OS. The number of fused-ring (bicyclic) bond motifs is 1. The van der Waals surface area contributed by atoms with Gasteiger partial charge in [0.2, 0.25) is 0 Å². The van der Waals surface area contributed by atoms with Gasteiger partial charge in [0, 0.05) is 21.7 Å². The van der Waals surface area contributed by atoms with E-state index in [2.05, 4.69) is 27.3 Å². The molecule has 2 aromatic carbocycles. The van der Waals surface area contributed by atoms with Gasteiger partial charge in [-0.25, -0.2) is 4.98 Å². The standard InChI is InChI=1S/C23H23N5OS/c1-4-7-18-16(3)26-23-24-14-25-28(23)22(18)30-20-9-6-5-8-19(20)27-21(29)17-12-10-15(2)11-13-17/h5-6,8-14H,4,7H2,1-3H3,(H,27,29). The fraction of sp³-hybridized carbons (Fsp3) is 0.217. The van der Waals surface area contributed by atoms with Crippen LogP contribution in [0.3, 0.4) is 0 Å². The van der Waals surface area contributed by atoms with E-state index in [9.17, 15) is 4.79 Å². The molecule has 0 atom stereocenters. The zero-order valence-corrected chi connectivity index (χ0v) is 18.0. The average molecular weight is 418 g/mol. The largest absolute Gasteiger partial charge is 0.321 e. The Labute approximate surface area is 179 Å². The van der Waals surface area contributed by atoms with Crippen LogP contribution < -0.4 is 5.32 Å². The molecule has 0 spiro atoms. The highest BCUT2D eigenvalue weighted by Crippen LogP contribution is 2.36. The van der Waals surface area contributed by atoms with E-state index < -0.39 is 0 Å². The topological polar surface area (TPSA) is 72.2 Å². The molecule has 152 valence electrons. The SMILES string of the molecule is CCCc1c(C)nc2ncnn2c1Sc1ccccc1NC(=O)c1ccc(C)cc1. The second-order valence-corrected chi connectivity index (χ2v) is 8.15. The second-order valence-electron chi connectivity index (χ2n) is 7.12. The van der Waals surface area contributed by atoms with Crippen molar-refractivity contribution in [3.05, 3.63) is 77.2 Å². The average Bonchev–Trinajstić information content (AvgIpc) is 3.20. The first-order valence-electron chi connectivity index (χ1n) is 9.91. The molecule has 0 aliphatic rings. The minimum Gasteiger partial charge on any atom is -0.321 e. The smallest absolute Gasteiger partial charge is 0.255 e. The number of carbonyl (C=O) groups is 1. The molecule has 0 bridgehead atoms. The third-order valence-electron chi connectivity index (χ3n) is 4.84. The molecule has 2 aromatic heterocycles. The van der Waals surface area contributed by atoms with Crippen molar-refractivity contribution in [3.63, 3.8) is 0 Å².